The third kappa shape index (κ3) is 1.41. The van der Waals surface area contributed by atoms with Crippen molar-refractivity contribution in [2.75, 3.05) is 25.2 Å². The fourth-order valence-corrected chi connectivity index (χ4v) is 3.59. The molecule has 0 unspecified atom stereocenters. The van der Waals surface area contributed by atoms with Gasteiger partial charge in [0.25, 0.3) is 0 Å². The quantitative estimate of drug-likeness (QED) is 0.677. The third-order valence-electron chi connectivity index (χ3n) is 4.70. The molecular weight excluding hydrogens is 254 g/mol. The summed E-state index contributed by atoms with van der Waals surface area (Å²) in [6, 6.07) is 8.02. The standard InChI is InChI=1S/C16H17NO3/c1-17-13-5-3-2-4-12(13)15(14(17)18)6-8-16(9-7-15)19-10-11-20-16/h2-6,8H,7,9-11H2,1H3/t15-/m0/s1. The zero-order chi connectivity index (χ0) is 13.8. The molecule has 1 saturated heterocycles. The highest BCUT2D eigenvalue weighted by molar-refractivity contribution is 6.09. The van der Waals surface area contributed by atoms with E-state index in [4.69, 9.17) is 9.47 Å². The third-order valence-corrected chi connectivity index (χ3v) is 4.70. The minimum absolute atomic E-state index is 0.141. The molecule has 0 aromatic heterocycles. The van der Waals surface area contributed by atoms with E-state index in [-0.39, 0.29) is 5.91 Å². The molecule has 0 bridgehead atoms. The lowest BCUT2D eigenvalue weighted by atomic mass is 9.73. The van der Waals surface area contributed by atoms with Gasteiger partial charge in [-0.1, -0.05) is 24.3 Å². The number of ether oxygens (including phenoxy) is 2. The van der Waals surface area contributed by atoms with Crippen LogP contribution in [0.15, 0.2) is 36.4 Å². The monoisotopic (exact) mass is 271 g/mol. The molecule has 4 rings (SSSR count). The second kappa shape index (κ2) is 3.93. The molecular formula is C16H17NO3. The molecule has 104 valence electrons. The van der Waals surface area contributed by atoms with Crippen LogP contribution in [0.25, 0.3) is 0 Å². The fraction of sp³-hybridized carbons (Fsp3) is 0.438. The van der Waals surface area contributed by atoms with Crippen LogP contribution in [0.2, 0.25) is 0 Å². The average Bonchev–Trinajstić information content (AvgIpc) is 3.02. The van der Waals surface area contributed by atoms with Crippen LogP contribution in [0.3, 0.4) is 0 Å². The van der Waals surface area contributed by atoms with Gasteiger partial charge in [0.15, 0.2) is 5.79 Å². The van der Waals surface area contributed by atoms with Crippen molar-refractivity contribution in [1.29, 1.82) is 0 Å². The molecule has 1 aromatic rings. The van der Waals surface area contributed by atoms with Crippen molar-refractivity contribution < 1.29 is 14.3 Å². The van der Waals surface area contributed by atoms with Gasteiger partial charge in [0.1, 0.15) is 0 Å². The second-order valence-corrected chi connectivity index (χ2v) is 5.69. The summed E-state index contributed by atoms with van der Waals surface area (Å²) >= 11 is 0. The van der Waals surface area contributed by atoms with E-state index in [9.17, 15) is 4.79 Å². The van der Waals surface area contributed by atoms with E-state index in [1.807, 2.05) is 37.4 Å². The van der Waals surface area contributed by atoms with Crippen molar-refractivity contribution in [2.45, 2.75) is 24.0 Å². The largest absolute Gasteiger partial charge is 0.344 e. The van der Waals surface area contributed by atoms with Crippen molar-refractivity contribution in [1.82, 2.24) is 0 Å². The lowest BCUT2D eigenvalue weighted by molar-refractivity contribution is -0.135. The van der Waals surface area contributed by atoms with Gasteiger partial charge in [-0.15, -0.1) is 0 Å². The molecule has 3 aliphatic rings. The van der Waals surface area contributed by atoms with Crippen molar-refractivity contribution in [3.05, 3.63) is 42.0 Å². The van der Waals surface area contributed by atoms with Crippen LogP contribution in [0.1, 0.15) is 18.4 Å². The normalized spacial score (nSPS) is 30.4. The van der Waals surface area contributed by atoms with Gasteiger partial charge in [-0.05, 0) is 24.1 Å². The molecule has 1 aromatic carbocycles. The maximum Gasteiger partial charge on any atom is 0.241 e. The minimum atomic E-state index is -0.596. The highest BCUT2D eigenvalue weighted by atomic mass is 16.7. The summed E-state index contributed by atoms with van der Waals surface area (Å²) in [5, 5.41) is 0. The van der Waals surface area contributed by atoms with E-state index in [0.29, 0.717) is 13.2 Å². The lowest BCUT2D eigenvalue weighted by Crippen LogP contribution is -2.43. The Morgan fingerprint density at radius 3 is 2.55 bits per heavy atom. The summed E-state index contributed by atoms with van der Waals surface area (Å²) in [4.78, 5) is 14.5. The first kappa shape index (κ1) is 12.1. The highest BCUT2D eigenvalue weighted by Gasteiger charge is 2.52. The number of rotatable bonds is 0. The zero-order valence-corrected chi connectivity index (χ0v) is 11.5. The number of carbonyl (C=O) groups is 1. The predicted molar refractivity (Wildman–Crippen MR) is 74.5 cm³/mol. The van der Waals surface area contributed by atoms with E-state index in [0.717, 1.165) is 24.1 Å². The van der Waals surface area contributed by atoms with Crippen molar-refractivity contribution in [2.24, 2.45) is 0 Å². The Labute approximate surface area is 118 Å². The lowest BCUT2D eigenvalue weighted by Gasteiger charge is -2.35. The average molecular weight is 271 g/mol. The number of benzene rings is 1. The second-order valence-electron chi connectivity index (χ2n) is 5.69. The number of nitrogens with zero attached hydrogens (tertiary/aromatic N) is 1. The first-order valence-electron chi connectivity index (χ1n) is 7.03. The van der Waals surface area contributed by atoms with Crippen molar-refractivity contribution >= 4 is 11.6 Å². The van der Waals surface area contributed by atoms with Gasteiger partial charge in [0.2, 0.25) is 5.91 Å². The molecule has 2 spiro atoms. The van der Waals surface area contributed by atoms with E-state index in [1.165, 1.54) is 0 Å². The maximum absolute atomic E-state index is 12.7. The highest BCUT2D eigenvalue weighted by Crippen LogP contribution is 2.49. The SMILES string of the molecule is CN1C(=O)[C@]2(C=CC3(CC2)OCCO3)c2ccccc21. The molecule has 1 aliphatic carbocycles. The summed E-state index contributed by atoms with van der Waals surface area (Å²) in [7, 11) is 1.84. The van der Waals surface area contributed by atoms with Crippen molar-refractivity contribution in [3.8, 4) is 0 Å². The number of amides is 1. The van der Waals surface area contributed by atoms with Gasteiger partial charge in [-0.3, -0.25) is 4.79 Å². The van der Waals surface area contributed by atoms with Gasteiger partial charge in [-0.25, -0.2) is 0 Å². The van der Waals surface area contributed by atoms with E-state index in [2.05, 4.69) is 6.07 Å². The molecule has 1 fully saturated rings. The molecule has 0 radical (unpaired) electrons. The molecule has 4 heteroatoms. The van der Waals surface area contributed by atoms with Crippen LogP contribution in [-0.4, -0.2) is 32.0 Å². The smallest absolute Gasteiger partial charge is 0.241 e. The van der Waals surface area contributed by atoms with Crippen LogP contribution < -0.4 is 4.90 Å². The van der Waals surface area contributed by atoms with Crippen LogP contribution in [0.5, 0.6) is 0 Å². The van der Waals surface area contributed by atoms with Crippen LogP contribution in [0, 0.1) is 0 Å². The molecule has 2 heterocycles. The Balaban J connectivity index is 1.81. The van der Waals surface area contributed by atoms with Crippen molar-refractivity contribution in [3.63, 3.8) is 0 Å². The summed E-state index contributed by atoms with van der Waals surface area (Å²) < 4.78 is 11.4. The van der Waals surface area contributed by atoms with E-state index >= 15 is 0 Å². The Morgan fingerprint density at radius 1 is 1.10 bits per heavy atom. The van der Waals surface area contributed by atoms with Crippen LogP contribution >= 0.6 is 0 Å². The van der Waals surface area contributed by atoms with Gasteiger partial charge >= 0.3 is 0 Å². The zero-order valence-electron chi connectivity index (χ0n) is 11.5. The van der Waals surface area contributed by atoms with Gasteiger partial charge in [0.05, 0.1) is 18.6 Å². The number of anilines is 1. The van der Waals surface area contributed by atoms with Crippen LogP contribution in [-0.2, 0) is 19.7 Å². The van der Waals surface area contributed by atoms with Crippen LogP contribution in [0.4, 0.5) is 5.69 Å². The number of para-hydroxylation sites is 1. The summed E-state index contributed by atoms with van der Waals surface area (Å²) in [6.45, 7) is 1.25. The number of hydrogen-bond acceptors (Lipinski definition) is 3. The molecule has 4 nitrogen and oxygen atoms in total. The summed E-state index contributed by atoms with van der Waals surface area (Å²) in [6.07, 6.45) is 5.38. The predicted octanol–water partition coefficient (Wildman–Crippen LogP) is 1.99. The number of likely N-dealkylation sites (N-methyl/N-ethyl adjacent to an activating group) is 1. The van der Waals surface area contributed by atoms with Gasteiger partial charge in [0, 0.05) is 19.2 Å². The van der Waals surface area contributed by atoms with Gasteiger partial charge in [-0.2, -0.15) is 0 Å². The molecule has 1 atom stereocenters. The fourth-order valence-electron chi connectivity index (χ4n) is 3.59. The minimum Gasteiger partial charge on any atom is -0.344 e. The topological polar surface area (TPSA) is 38.8 Å². The summed E-state index contributed by atoms with van der Waals surface area (Å²) in [5.74, 6) is -0.454. The van der Waals surface area contributed by atoms with Gasteiger partial charge < -0.3 is 14.4 Å². The Morgan fingerprint density at radius 2 is 1.85 bits per heavy atom. The molecule has 20 heavy (non-hydrogen) atoms. The Bertz CT molecular complexity index is 603. The molecule has 2 aliphatic heterocycles. The first-order valence-corrected chi connectivity index (χ1v) is 7.03. The number of hydrogen-bond donors (Lipinski definition) is 0. The summed E-state index contributed by atoms with van der Waals surface area (Å²) in [5.41, 5.74) is 1.56. The molecule has 1 amide bonds. The molecule has 0 saturated carbocycles. The van der Waals surface area contributed by atoms with E-state index < -0.39 is 11.2 Å². The van der Waals surface area contributed by atoms with E-state index in [1.54, 1.807) is 4.90 Å². The first-order chi connectivity index (χ1) is 9.67. The maximum atomic E-state index is 12.7. The Kier molecular flexibility index (Phi) is 2.38. The number of carbonyl (C=O) groups excluding carboxylic acids is 1. The Hall–Kier alpha value is -1.65. The molecule has 0 N–H and O–H groups in total. The number of fused-ring (bicyclic) bond motifs is 2.